The number of hydrogen-bond donors (Lipinski definition) is 2. The molecule has 2 aromatic carbocycles. The fourth-order valence-corrected chi connectivity index (χ4v) is 2.71. The van der Waals surface area contributed by atoms with Crippen molar-refractivity contribution in [2.45, 2.75) is 31.9 Å². The number of nitrogens with zero attached hydrogens (tertiary/aromatic N) is 1. The van der Waals surface area contributed by atoms with E-state index in [9.17, 15) is 19.2 Å². The van der Waals surface area contributed by atoms with Crippen molar-refractivity contribution in [3.05, 3.63) is 71.8 Å². The van der Waals surface area contributed by atoms with Crippen molar-refractivity contribution in [1.29, 1.82) is 0 Å². The van der Waals surface area contributed by atoms with E-state index in [2.05, 4.69) is 5.32 Å². The molecule has 0 saturated heterocycles. The summed E-state index contributed by atoms with van der Waals surface area (Å²) in [6, 6.07) is 17.0. The van der Waals surface area contributed by atoms with Crippen molar-refractivity contribution in [2.24, 2.45) is 0 Å². The van der Waals surface area contributed by atoms with Gasteiger partial charge < -0.3 is 15.2 Å². The van der Waals surface area contributed by atoms with Gasteiger partial charge >= 0.3 is 12.1 Å². The molecule has 1 atom stereocenters. The first-order chi connectivity index (χ1) is 15.3. The Morgan fingerprint density at radius 1 is 0.969 bits per heavy atom. The van der Waals surface area contributed by atoms with Crippen molar-refractivity contribution in [2.75, 3.05) is 13.7 Å². The second-order valence-electron chi connectivity index (χ2n) is 6.97. The number of ether oxygens (including phenoxy) is 1. The molecule has 0 aliphatic heterocycles. The molecule has 0 radical (unpaired) electrons. The lowest BCUT2D eigenvalue weighted by molar-refractivity contribution is -0.180. The van der Waals surface area contributed by atoms with E-state index in [-0.39, 0.29) is 18.9 Å². The van der Waals surface area contributed by atoms with Crippen LogP contribution in [-0.4, -0.2) is 53.6 Å². The largest absolute Gasteiger partial charge is 0.481 e. The molecule has 0 heterocycles. The lowest BCUT2D eigenvalue weighted by Crippen LogP contribution is -2.45. The number of hydrogen-bond acceptors (Lipinski definition) is 6. The molecule has 9 heteroatoms. The Hall–Kier alpha value is -3.72. The molecular weight excluding hydrogens is 416 g/mol. The number of Topliss-reactive ketones (excluding diaryl/α,β-unsaturated/α-hetero) is 1. The molecular formula is C23H26N2O7. The number of amides is 2. The van der Waals surface area contributed by atoms with Crippen molar-refractivity contribution < 1.29 is 33.9 Å². The summed E-state index contributed by atoms with van der Waals surface area (Å²) < 4.78 is 5.03. The third-order valence-corrected chi connectivity index (χ3v) is 4.49. The number of aryl methyl sites for hydroxylation is 1. The van der Waals surface area contributed by atoms with Crippen molar-refractivity contribution in [3.8, 4) is 0 Å². The first-order valence-electron chi connectivity index (χ1n) is 10.00. The van der Waals surface area contributed by atoms with Crippen LogP contribution in [0.25, 0.3) is 0 Å². The first-order valence-corrected chi connectivity index (χ1v) is 10.00. The summed E-state index contributed by atoms with van der Waals surface area (Å²) in [7, 11) is 1.37. The molecule has 2 amide bonds. The number of carboxylic acids is 1. The van der Waals surface area contributed by atoms with E-state index in [0.29, 0.717) is 6.42 Å². The van der Waals surface area contributed by atoms with Crippen LogP contribution in [0.5, 0.6) is 0 Å². The highest BCUT2D eigenvalue weighted by molar-refractivity contribution is 5.91. The monoisotopic (exact) mass is 442 g/mol. The minimum atomic E-state index is -1.36. The molecule has 0 fully saturated rings. The van der Waals surface area contributed by atoms with E-state index >= 15 is 0 Å². The quantitative estimate of drug-likeness (QED) is 0.484. The Kier molecular flexibility index (Phi) is 9.86. The Labute approximate surface area is 185 Å². The summed E-state index contributed by atoms with van der Waals surface area (Å²) in [6.45, 7) is -0.611. The number of carboxylic acid groups (broad SMARTS) is 1. The van der Waals surface area contributed by atoms with E-state index in [4.69, 9.17) is 14.7 Å². The number of alkyl carbamates (subject to hydrolysis) is 1. The molecule has 0 bridgehead atoms. The fourth-order valence-electron chi connectivity index (χ4n) is 2.71. The molecule has 0 aliphatic carbocycles. The lowest BCUT2D eigenvalue weighted by atomic mass is 10.1. The highest BCUT2D eigenvalue weighted by Crippen LogP contribution is 2.06. The third kappa shape index (κ3) is 8.97. The van der Waals surface area contributed by atoms with Crippen LogP contribution in [0.3, 0.4) is 0 Å². The van der Waals surface area contributed by atoms with Gasteiger partial charge in [0.1, 0.15) is 19.3 Å². The predicted octanol–water partition coefficient (Wildman–Crippen LogP) is 2.35. The van der Waals surface area contributed by atoms with E-state index < -0.39 is 36.9 Å². The average Bonchev–Trinajstić information content (AvgIpc) is 2.80. The van der Waals surface area contributed by atoms with Gasteiger partial charge in [0.15, 0.2) is 5.78 Å². The Morgan fingerprint density at radius 3 is 2.16 bits per heavy atom. The van der Waals surface area contributed by atoms with Crippen LogP contribution >= 0.6 is 0 Å². The van der Waals surface area contributed by atoms with Crippen LogP contribution in [-0.2, 0) is 37.0 Å². The normalized spacial score (nSPS) is 11.3. The molecule has 1 unspecified atom stereocenters. The zero-order valence-electron chi connectivity index (χ0n) is 17.7. The van der Waals surface area contributed by atoms with E-state index in [1.54, 1.807) is 24.3 Å². The van der Waals surface area contributed by atoms with Gasteiger partial charge in [-0.3, -0.25) is 19.2 Å². The van der Waals surface area contributed by atoms with Gasteiger partial charge in [0.2, 0.25) is 5.91 Å². The highest BCUT2D eigenvalue weighted by atomic mass is 16.7. The summed E-state index contributed by atoms with van der Waals surface area (Å²) in [4.78, 5) is 52.8. The molecule has 32 heavy (non-hydrogen) atoms. The number of carbonyl (C=O) groups is 4. The van der Waals surface area contributed by atoms with Crippen molar-refractivity contribution in [3.63, 3.8) is 0 Å². The molecule has 9 nitrogen and oxygen atoms in total. The average molecular weight is 442 g/mol. The Morgan fingerprint density at radius 2 is 1.56 bits per heavy atom. The standard InChI is InChI=1S/C23H26N2O7/c1-25(21(27)13-12-17-8-4-2-5-9-17)32-16-20(26)19(14-22(28)29)24-23(30)31-15-18-10-6-3-7-11-18/h2-11,19H,12-16H2,1H3,(H,24,30)(H,28,29). The Balaban J connectivity index is 1.80. The van der Waals surface area contributed by atoms with Gasteiger partial charge in [-0.1, -0.05) is 60.7 Å². The van der Waals surface area contributed by atoms with Crippen molar-refractivity contribution >= 4 is 23.8 Å². The van der Waals surface area contributed by atoms with Crippen LogP contribution < -0.4 is 5.32 Å². The number of rotatable bonds is 12. The number of hydroxylamine groups is 2. The zero-order valence-corrected chi connectivity index (χ0v) is 17.7. The zero-order chi connectivity index (χ0) is 23.3. The fraction of sp³-hybridized carbons (Fsp3) is 0.304. The summed E-state index contributed by atoms with van der Waals surface area (Å²) in [5.74, 6) is -2.32. The second-order valence-corrected chi connectivity index (χ2v) is 6.97. The molecule has 2 rings (SSSR count). The summed E-state index contributed by atoms with van der Waals surface area (Å²) >= 11 is 0. The molecule has 170 valence electrons. The number of nitrogens with one attached hydrogen (secondary N) is 1. The molecule has 0 spiro atoms. The maximum atomic E-state index is 12.4. The lowest BCUT2D eigenvalue weighted by Gasteiger charge is -2.19. The van der Waals surface area contributed by atoms with E-state index in [1.165, 1.54) is 7.05 Å². The minimum Gasteiger partial charge on any atom is -0.481 e. The Bertz CT molecular complexity index is 903. The van der Waals surface area contributed by atoms with Gasteiger partial charge in [0.25, 0.3) is 0 Å². The van der Waals surface area contributed by atoms with Gasteiger partial charge in [-0.15, -0.1) is 0 Å². The predicted molar refractivity (Wildman–Crippen MR) is 114 cm³/mol. The molecule has 0 aromatic heterocycles. The van der Waals surface area contributed by atoms with Gasteiger partial charge in [0, 0.05) is 13.5 Å². The third-order valence-electron chi connectivity index (χ3n) is 4.49. The van der Waals surface area contributed by atoms with Gasteiger partial charge in [0.05, 0.1) is 6.42 Å². The van der Waals surface area contributed by atoms with Crippen LogP contribution in [0, 0.1) is 0 Å². The van der Waals surface area contributed by atoms with Gasteiger partial charge in [-0.05, 0) is 17.5 Å². The number of aliphatic carboxylic acids is 1. The van der Waals surface area contributed by atoms with Gasteiger partial charge in [-0.2, -0.15) is 0 Å². The maximum Gasteiger partial charge on any atom is 0.408 e. The van der Waals surface area contributed by atoms with Crippen LogP contribution in [0.1, 0.15) is 24.0 Å². The van der Waals surface area contributed by atoms with E-state index in [0.717, 1.165) is 16.2 Å². The maximum absolute atomic E-state index is 12.4. The molecule has 2 N–H and O–H groups in total. The smallest absolute Gasteiger partial charge is 0.408 e. The van der Waals surface area contributed by atoms with Crippen molar-refractivity contribution in [1.82, 2.24) is 10.4 Å². The molecule has 0 aliphatic rings. The van der Waals surface area contributed by atoms with Crippen LogP contribution in [0.4, 0.5) is 4.79 Å². The number of ketones is 1. The minimum absolute atomic E-state index is 0.0319. The van der Waals surface area contributed by atoms with Crippen LogP contribution in [0.2, 0.25) is 0 Å². The summed E-state index contributed by atoms with van der Waals surface area (Å²) in [5, 5.41) is 12.2. The highest BCUT2D eigenvalue weighted by Gasteiger charge is 2.25. The topological polar surface area (TPSA) is 122 Å². The summed E-state index contributed by atoms with van der Waals surface area (Å²) in [6.07, 6.45) is -0.885. The van der Waals surface area contributed by atoms with E-state index in [1.807, 2.05) is 36.4 Å². The number of carbonyl (C=O) groups excluding carboxylic acids is 3. The SMILES string of the molecule is CN(OCC(=O)C(CC(=O)O)NC(=O)OCc1ccccc1)C(=O)CCc1ccccc1. The first kappa shape index (κ1) is 24.5. The van der Waals surface area contributed by atoms with Gasteiger partial charge in [-0.25, -0.2) is 9.86 Å². The number of benzene rings is 2. The molecule has 2 aromatic rings. The summed E-state index contributed by atoms with van der Waals surface area (Å²) in [5.41, 5.74) is 1.73. The second kappa shape index (κ2) is 12.9. The molecule has 0 saturated carbocycles. The van der Waals surface area contributed by atoms with Crippen LogP contribution in [0.15, 0.2) is 60.7 Å².